The zero-order valence-electron chi connectivity index (χ0n) is 13.6. The fourth-order valence-corrected chi connectivity index (χ4v) is 3.81. The predicted octanol–water partition coefficient (Wildman–Crippen LogP) is 4.65. The van der Waals surface area contributed by atoms with Crippen molar-refractivity contribution in [1.82, 2.24) is 4.72 Å². The monoisotopic (exact) mass is 451 g/mol. The molecule has 0 aliphatic rings. The topological polar surface area (TPSA) is 55.4 Å². The molecule has 142 valence electrons. The zero-order valence-corrected chi connectivity index (χ0v) is 16.0. The minimum absolute atomic E-state index is 0.122. The van der Waals surface area contributed by atoms with Gasteiger partial charge >= 0.3 is 6.36 Å². The molecule has 0 unspecified atom stereocenters. The van der Waals surface area contributed by atoms with E-state index in [1.165, 1.54) is 6.07 Å². The number of sulfonamides is 1. The summed E-state index contributed by atoms with van der Waals surface area (Å²) in [5, 5.41) is 0. The summed E-state index contributed by atoms with van der Waals surface area (Å²) in [5.74, 6) is -0.774. The highest BCUT2D eigenvalue weighted by atomic mass is 79.9. The van der Waals surface area contributed by atoms with Gasteiger partial charge in [0.15, 0.2) is 5.75 Å². The molecule has 9 heteroatoms. The largest absolute Gasteiger partial charge is 0.573 e. The number of aryl methyl sites for hydroxylation is 1. The fourth-order valence-electron chi connectivity index (χ4n) is 2.29. The van der Waals surface area contributed by atoms with E-state index in [4.69, 9.17) is 0 Å². The minimum Gasteiger partial charge on any atom is -0.404 e. The maximum Gasteiger partial charge on any atom is 0.573 e. The van der Waals surface area contributed by atoms with E-state index in [2.05, 4.69) is 25.4 Å². The molecule has 1 N–H and O–H groups in total. The lowest BCUT2D eigenvalue weighted by Crippen LogP contribution is -2.27. The SMILES string of the molecule is O=S(=O)(NCCCCc1ccccc1)c1ccc(Br)cc1OC(F)(F)F. The van der Waals surface area contributed by atoms with Crippen LogP contribution in [0.2, 0.25) is 0 Å². The molecule has 2 aromatic carbocycles. The first-order chi connectivity index (χ1) is 12.2. The molecular weight excluding hydrogens is 435 g/mol. The van der Waals surface area contributed by atoms with Crippen LogP contribution in [-0.2, 0) is 16.4 Å². The second kappa shape index (κ2) is 8.88. The van der Waals surface area contributed by atoms with Gasteiger partial charge in [0.25, 0.3) is 0 Å². The summed E-state index contributed by atoms with van der Waals surface area (Å²) in [7, 11) is -4.12. The first kappa shape index (κ1) is 20.7. The summed E-state index contributed by atoms with van der Waals surface area (Å²) in [4.78, 5) is -0.555. The molecule has 0 saturated heterocycles. The highest BCUT2D eigenvalue weighted by molar-refractivity contribution is 9.10. The molecule has 0 aromatic heterocycles. The van der Waals surface area contributed by atoms with E-state index in [0.717, 1.165) is 30.5 Å². The van der Waals surface area contributed by atoms with Crippen molar-refractivity contribution < 1.29 is 26.3 Å². The van der Waals surface area contributed by atoms with Crippen LogP contribution in [0.3, 0.4) is 0 Å². The second-order valence-corrected chi connectivity index (χ2v) is 8.13. The number of rotatable bonds is 8. The Kier molecular flexibility index (Phi) is 7.08. The Morgan fingerprint density at radius 2 is 1.73 bits per heavy atom. The normalized spacial score (nSPS) is 12.2. The van der Waals surface area contributed by atoms with Gasteiger partial charge in [-0.1, -0.05) is 46.3 Å². The number of benzene rings is 2. The molecule has 0 heterocycles. The minimum atomic E-state index is -4.99. The van der Waals surface area contributed by atoms with Crippen molar-refractivity contribution in [2.75, 3.05) is 6.54 Å². The van der Waals surface area contributed by atoms with Gasteiger partial charge in [0.2, 0.25) is 10.0 Å². The van der Waals surface area contributed by atoms with Gasteiger partial charge in [-0.3, -0.25) is 0 Å². The zero-order chi connectivity index (χ0) is 19.2. The maximum atomic E-state index is 12.5. The van der Waals surface area contributed by atoms with Crippen LogP contribution >= 0.6 is 15.9 Å². The van der Waals surface area contributed by atoms with Crippen LogP contribution in [-0.4, -0.2) is 21.3 Å². The molecule has 0 atom stereocenters. The van der Waals surface area contributed by atoms with E-state index in [1.54, 1.807) is 0 Å². The van der Waals surface area contributed by atoms with E-state index in [9.17, 15) is 21.6 Å². The quantitative estimate of drug-likeness (QED) is 0.594. The first-order valence-corrected chi connectivity index (χ1v) is 10.0. The highest BCUT2D eigenvalue weighted by Crippen LogP contribution is 2.32. The standard InChI is InChI=1S/C17H17BrF3NO3S/c18-14-9-10-16(15(12-14)25-17(19,20)21)26(23,24)22-11-5-4-8-13-6-2-1-3-7-13/h1-3,6-7,9-10,12,22H,4-5,8,11H2. The van der Waals surface area contributed by atoms with Gasteiger partial charge in [-0.2, -0.15) is 0 Å². The average molecular weight is 452 g/mol. The Morgan fingerprint density at radius 3 is 2.38 bits per heavy atom. The van der Waals surface area contributed by atoms with Gasteiger partial charge in [-0.15, -0.1) is 13.2 Å². The number of alkyl halides is 3. The molecule has 0 radical (unpaired) electrons. The van der Waals surface area contributed by atoms with E-state index in [-0.39, 0.29) is 11.0 Å². The molecule has 0 bridgehead atoms. The van der Waals surface area contributed by atoms with E-state index < -0.39 is 27.0 Å². The predicted molar refractivity (Wildman–Crippen MR) is 95.4 cm³/mol. The number of unbranched alkanes of at least 4 members (excludes halogenated alkanes) is 1. The number of nitrogens with one attached hydrogen (secondary N) is 1. The first-order valence-electron chi connectivity index (χ1n) is 7.76. The summed E-state index contributed by atoms with van der Waals surface area (Å²) in [6.45, 7) is 0.122. The van der Waals surface area contributed by atoms with Crippen LogP contribution in [0.5, 0.6) is 5.75 Å². The molecule has 26 heavy (non-hydrogen) atoms. The Hall–Kier alpha value is -1.58. The second-order valence-electron chi connectivity index (χ2n) is 5.48. The third-order valence-electron chi connectivity index (χ3n) is 3.45. The lowest BCUT2D eigenvalue weighted by atomic mass is 10.1. The number of halogens is 4. The Bertz CT molecular complexity index is 827. The highest BCUT2D eigenvalue weighted by Gasteiger charge is 2.34. The van der Waals surface area contributed by atoms with Crippen LogP contribution in [0.4, 0.5) is 13.2 Å². The molecule has 0 amide bonds. The third-order valence-corrected chi connectivity index (χ3v) is 5.44. The molecule has 0 aliphatic carbocycles. The summed E-state index contributed by atoms with van der Waals surface area (Å²) in [6.07, 6.45) is -2.89. The maximum absolute atomic E-state index is 12.5. The molecule has 0 saturated carbocycles. The van der Waals surface area contributed by atoms with Crippen LogP contribution in [0.15, 0.2) is 57.9 Å². The van der Waals surface area contributed by atoms with Crippen LogP contribution in [0, 0.1) is 0 Å². The average Bonchev–Trinajstić information content (AvgIpc) is 2.53. The smallest absolute Gasteiger partial charge is 0.404 e. The molecule has 2 rings (SSSR count). The molecule has 4 nitrogen and oxygen atoms in total. The summed E-state index contributed by atoms with van der Waals surface area (Å²) >= 11 is 3.00. The van der Waals surface area contributed by atoms with Gasteiger partial charge in [0, 0.05) is 11.0 Å². The molecule has 2 aromatic rings. The Labute approximate surface area is 158 Å². The van der Waals surface area contributed by atoms with Crippen molar-refractivity contribution in [3.05, 3.63) is 58.6 Å². The molecular formula is C17H17BrF3NO3S. The lowest BCUT2D eigenvalue weighted by Gasteiger charge is -2.14. The third kappa shape index (κ3) is 6.62. The van der Waals surface area contributed by atoms with Crippen LogP contribution in [0.25, 0.3) is 0 Å². The number of ether oxygens (including phenoxy) is 1. The van der Waals surface area contributed by atoms with Gasteiger partial charge in [0.05, 0.1) is 0 Å². The van der Waals surface area contributed by atoms with Gasteiger partial charge in [-0.25, -0.2) is 13.1 Å². The summed E-state index contributed by atoms with van der Waals surface area (Å²) in [6, 6.07) is 13.1. The number of hydrogen-bond donors (Lipinski definition) is 1. The van der Waals surface area contributed by atoms with Gasteiger partial charge in [-0.05, 0) is 43.0 Å². The molecule has 0 aliphatic heterocycles. The van der Waals surface area contributed by atoms with Crippen LogP contribution < -0.4 is 9.46 Å². The Morgan fingerprint density at radius 1 is 1.04 bits per heavy atom. The lowest BCUT2D eigenvalue weighted by molar-refractivity contribution is -0.275. The van der Waals surface area contributed by atoms with Crippen molar-refractivity contribution in [2.45, 2.75) is 30.5 Å². The van der Waals surface area contributed by atoms with Crippen molar-refractivity contribution in [3.63, 3.8) is 0 Å². The van der Waals surface area contributed by atoms with E-state index in [1.807, 2.05) is 30.3 Å². The van der Waals surface area contributed by atoms with Crippen LogP contribution in [0.1, 0.15) is 18.4 Å². The molecule has 0 fully saturated rings. The van der Waals surface area contributed by atoms with Gasteiger partial charge < -0.3 is 4.74 Å². The molecule has 0 spiro atoms. The van der Waals surface area contributed by atoms with Crippen molar-refractivity contribution in [2.24, 2.45) is 0 Å². The van der Waals surface area contributed by atoms with Crippen molar-refractivity contribution in [3.8, 4) is 5.75 Å². The summed E-state index contributed by atoms with van der Waals surface area (Å²) < 4.78 is 68.6. The fraction of sp³-hybridized carbons (Fsp3) is 0.294. The van der Waals surface area contributed by atoms with E-state index >= 15 is 0 Å². The van der Waals surface area contributed by atoms with Crippen molar-refractivity contribution >= 4 is 26.0 Å². The Balaban J connectivity index is 1.97. The summed E-state index contributed by atoms with van der Waals surface area (Å²) in [5.41, 5.74) is 1.14. The van der Waals surface area contributed by atoms with Crippen molar-refractivity contribution in [1.29, 1.82) is 0 Å². The van der Waals surface area contributed by atoms with Gasteiger partial charge in [0.1, 0.15) is 4.90 Å². The number of hydrogen-bond acceptors (Lipinski definition) is 3. The van der Waals surface area contributed by atoms with E-state index in [0.29, 0.717) is 6.42 Å².